The number of benzene rings is 1. The molecule has 2 amide bonds. The summed E-state index contributed by atoms with van der Waals surface area (Å²) in [4.78, 5) is 18.3. The number of ether oxygens (including phenoxy) is 1. The normalized spacial score (nSPS) is 16.3. The number of piperidine rings is 1. The van der Waals surface area contributed by atoms with Crippen molar-refractivity contribution < 1.29 is 14.6 Å². The van der Waals surface area contributed by atoms with E-state index in [-0.39, 0.29) is 11.9 Å². The van der Waals surface area contributed by atoms with Crippen molar-refractivity contribution in [1.82, 2.24) is 19.8 Å². The molecule has 140 valence electrons. The van der Waals surface area contributed by atoms with Crippen LogP contribution in [0.2, 0.25) is 0 Å². The van der Waals surface area contributed by atoms with Gasteiger partial charge in [-0.15, -0.1) is 0 Å². The zero-order chi connectivity index (χ0) is 18.4. The van der Waals surface area contributed by atoms with Gasteiger partial charge in [0, 0.05) is 32.5 Å². The van der Waals surface area contributed by atoms with Crippen LogP contribution in [0.4, 0.5) is 4.79 Å². The van der Waals surface area contributed by atoms with Gasteiger partial charge in [0.1, 0.15) is 24.3 Å². The summed E-state index contributed by atoms with van der Waals surface area (Å²) >= 11 is 0. The van der Waals surface area contributed by atoms with E-state index in [0.29, 0.717) is 32.1 Å². The van der Waals surface area contributed by atoms with Crippen molar-refractivity contribution in [2.24, 2.45) is 13.0 Å². The van der Waals surface area contributed by atoms with E-state index in [9.17, 15) is 9.90 Å². The number of nitrogens with one attached hydrogen (secondary N) is 1. The molecule has 1 aliphatic heterocycles. The van der Waals surface area contributed by atoms with Gasteiger partial charge in [-0.25, -0.2) is 9.78 Å². The predicted octanol–water partition coefficient (Wildman–Crippen LogP) is 1.95. The highest BCUT2D eigenvalue weighted by Gasteiger charge is 2.29. The minimum Gasteiger partial charge on any atom is -0.492 e. The van der Waals surface area contributed by atoms with E-state index < -0.39 is 6.10 Å². The third-order valence-corrected chi connectivity index (χ3v) is 4.79. The van der Waals surface area contributed by atoms with E-state index in [1.54, 1.807) is 11.1 Å². The molecule has 0 aliphatic carbocycles. The molecule has 0 bridgehead atoms. The standard InChI is InChI=1S/C19H26N4O3/c1-22-13-9-20-18(22)17(24)15-7-11-23(12-8-15)19(25)21-10-14-26-16-5-3-2-4-6-16/h2-6,9,13,15,17,24H,7-8,10-12,14H2,1H3,(H,21,25). The van der Waals surface area contributed by atoms with Crippen molar-refractivity contribution in [2.45, 2.75) is 18.9 Å². The average molecular weight is 358 g/mol. The number of aliphatic hydroxyl groups is 1. The number of urea groups is 1. The third-order valence-electron chi connectivity index (χ3n) is 4.79. The second-order valence-corrected chi connectivity index (χ2v) is 6.56. The fourth-order valence-electron chi connectivity index (χ4n) is 3.25. The molecule has 1 saturated heterocycles. The van der Waals surface area contributed by atoms with Gasteiger partial charge in [-0.05, 0) is 30.9 Å². The van der Waals surface area contributed by atoms with Crippen LogP contribution in [0.1, 0.15) is 24.8 Å². The Hall–Kier alpha value is -2.54. The summed E-state index contributed by atoms with van der Waals surface area (Å²) in [5.74, 6) is 1.61. The zero-order valence-electron chi connectivity index (χ0n) is 15.0. The van der Waals surface area contributed by atoms with Gasteiger partial charge < -0.3 is 24.6 Å². The number of aromatic nitrogens is 2. The van der Waals surface area contributed by atoms with Crippen LogP contribution >= 0.6 is 0 Å². The molecular formula is C19H26N4O3. The Morgan fingerprint density at radius 1 is 1.35 bits per heavy atom. The Labute approximate surface area is 153 Å². The van der Waals surface area contributed by atoms with Crippen LogP contribution in [0.5, 0.6) is 5.75 Å². The van der Waals surface area contributed by atoms with Gasteiger partial charge in [-0.2, -0.15) is 0 Å². The average Bonchev–Trinajstić information content (AvgIpc) is 3.11. The van der Waals surface area contributed by atoms with Gasteiger partial charge in [0.25, 0.3) is 0 Å². The van der Waals surface area contributed by atoms with Gasteiger partial charge in [0.2, 0.25) is 0 Å². The van der Waals surface area contributed by atoms with Crippen molar-refractivity contribution in [2.75, 3.05) is 26.2 Å². The molecule has 7 heteroatoms. The van der Waals surface area contributed by atoms with Gasteiger partial charge in [0.15, 0.2) is 0 Å². The molecule has 0 radical (unpaired) electrons. The van der Waals surface area contributed by atoms with Gasteiger partial charge in [-0.1, -0.05) is 18.2 Å². The summed E-state index contributed by atoms with van der Waals surface area (Å²) in [6.07, 6.45) is 4.47. The lowest BCUT2D eigenvalue weighted by Crippen LogP contribution is -2.46. The van der Waals surface area contributed by atoms with Gasteiger partial charge in [-0.3, -0.25) is 0 Å². The molecule has 0 saturated carbocycles. The predicted molar refractivity (Wildman–Crippen MR) is 97.8 cm³/mol. The van der Waals surface area contributed by atoms with Gasteiger partial charge >= 0.3 is 6.03 Å². The Morgan fingerprint density at radius 3 is 2.73 bits per heavy atom. The molecule has 2 heterocycles. The summed E-state index contributed by atoms with van der Waals surface area (Å²) in [5.41, 5.74) is 0. The fraction of sp³-hybridized carbons (Fsp3) is 0.474. The summed E-state index contributed by atoms with van der Waals surface area (Å²) in [6, 6.07) is 9.46. The maximum Gasteiger partial charge on any atom is 0.317 e. The smallest absolute Gasteiger partial charge is 0.317 e. The van der Waals surface area contributed by atoms with E-state index in [1.165, 1.54) is 0 Å². The minimum atomic E-state index is -0.584. The lowest BCUT2D eigenvalue weighted by Gasteiger charge is -2.34. The summed E-state index contributed by atoms with van der Waals surface area (Å²) in [6.45, 7) is 2.17. The molecule has 1 atom stereocenters. The third kappa shape index (κ3) is 4.54. The number of para-hydroxylation sites is 1. The highest BCUT2D eigenvalue weighted by molar-refractivity contribution is 5.74. The number of aliphatic hydroxyl groups excluding tert-OH is 1. The maximum absolute atomic E-state index is 12.2. The number of carbonyl (C=O) groups is 1. The Morgan fingerprint density at radius 2 is 2.08 bits per heavy atom. The first kappa shape index (κ1) is 18.3. The lowest BCUT2D eigenvalue weighted by molar-refractivity contribution is 0.0583. The first-order valence-electron chi connectivity index (χ1n) is 9.01. The Balaban J connectivity index is 1.37. The minimum absolute atomic E-state index is 0.0772. The van der Waals surface area contributed by atoms with Crippen molar-refractivity contribution in [3.63, 3.8) is 0 Å². The maximum atomic E-state index is 12.2. The molecule has 1 fully saturated rings. The molecule has 0 spiro atoms. The first-order chi connectivity index (χ1) is 12.6. The van der Waals surface area contributed by atoms with Crippen LogP contribution in [0, 0.1) is 5.92 Å². The number of nitrogens with zero attached hydrogens (tertiary/aromatic N) is 3. The monoisotopic (exact) mass is 358 g/mol. The molecule has 26 heavy (non-hydrogen) atoms. The number of carbonyl (C=O) groups excluding carboxylic acids is 1. The number of hydrogen-bond donors (Lipinski definition) is 2. The largest absolute Gasteiger partial charge is 0.492 e. The zero-order valence-corrected chi connectivity index (χ0v) is 15.0. The van der Waals surface area contributed by atoms with Gasteiger partial charge in [0.05, 0.1) is 6.54 Å². The van der Waals surface area contributed by atoms with Crippen molar-refractivity contribution in [3.8, 4) is 5.75 Å². The number of rotatable bonds is 6. The topological polar surface area (TPSA) is 79.6 Å². The molecular weight excluding hydrogens is 332 g/mol. The van der Waals surface area contributed by atoms with Crippen LogP contribution in [0.15, 0.2) is 42.7 Å². The highest BCUT2D eigenvalue weighted by atomic mass is 16.5. The van der Waals surface area contributed by atoms with E-state index in [4.69, 9.17) is 4.74 Å². The Kier molecular flexibility index (Phi) is 6.12. The van der Waals surface area contributed by atoms with Crippen LogP contribution in [0.3, 0.4) is 0 Å². The summed E-state index contributed by atoms with van der Waals surface area (Å²) in [5, 5.41) is 13.4. The molecule has 1 aromatic heterocycles. The number of likely N-dealkylation sites (tertiary alicyclic amines) is 1. The van der Waals surface area contributed by atoms with E-state index in [2.05, 4.69) is 10.3 Å². The summed E-state index contributed by atoms with van der Waals surface area (Å²) < 4.78 is 7.41. The number of amides is 2. The fourth-order valence-corrected chi connectivity index (χ4v) is 3.25. The molecule has 2 aromatic rings. The number of imidazole rings is 1. The van der Waals surface area contributed by atoms with Crippen LogP contribution in [0.25, 0.3) is 0 Å². The van der Waals surface area contributed by atoms with Crippen LogP contribution in [-0.2, 0) is 7.05 Å². The molecule has 1 aliphatic rings. The van der Waals surface area contributed by atoms with E-state index >= 15 is 0 Å². The quantitative estimate of drug-likeness (QED) is 0.774. The molecule has 3 rings (SSSR count). The molecule has 1 aromatic carbocycles. The second-order valence-electron chi connectivity index (χ2n) is 6.56. The van der Waals surface area contributed by atoms with Crippen LogP contribution in [-0.4, -0.2) is 51.8 Å². The van der Waals surface area contributed by atoms with Crippen molar-refractivity contribution in [3.05, 3.63) is 48.5 Å². The van der Waals surface area contributed by atoms with Crippen LogP contribution < -0.4 is 10.1 Å². The second kappa shape index (κ2) is 8.71. The lowest BCUT2D eigenvalue weighted by atomic mass is 9.91. The first-order valence-corrected chi connectivity index (χ1v) is 9.01. The molecule has 2 N–H and O–H groups in total. The highest BCUT2D eigenvalue weighted by Crippen LogP contribution is 2.29. The number of aryl methyl sites for hydroxylation is 1. The van der Waals surface area contributed by atoms with Crippen molar-refractivity contribution in [1.29, 1.82) is 0 Å². The number of hydrogen-bond acceptors (Lipinski definition) is 4. The Bertz CT molecular complexity index is 696. The molecule has 1 unspecified atom stereocenters. The van der Waals surface area contributed by atoms with E-state index in [1.807, 2.05) is 48.1 Å². The van der Waals surface area contributed by atoms with Crippen molar-refractivity contribution >= 4 is 6.03 Å². The van der Waals surface area contributed by atoms with E-state index in [0.717, 1.165) is 18.6 Å². The SMILES string of the molecule is Cn1ccnc1C(O)C1CCN(C(=O)NCCOc2ccccc2)CC1. The molecule has 7 nitrogen and oxygen atoms in total. The summed E-state index contributed by atoms with van der Waals surface area (Å²) in [7, 11) is 1.88.